The quantitative estimate of drug-likeness (QED) is 0.763. The van der Waals surface area contributed by atoms with E-state index in [-0.39, 0.29) is 6.09 Å². The van der Waals surface area contributed by atoms with Crippen LogP contribution >= 0.6 is 0 Å². The first kappa shape index (κ1) is 12.5. The molecule has 2 rings (SSSR count). The summed E-state index contributed by atoms with van der Waals surface area (Å²) < 4.78 is 5.27. The molecule has 0 radical (unpaired) electrons. The van der Waals surface area contributed by atoms with Crippen LogP contribution in [0.5, 0.6) is 0 Å². The lowest BCUT2D eigenvalue weighted by Gasteiger charge is -2.05. The number of hydrogen-bond acceptors (Lipinski definition) is 2. The first-order valence-corrected chi connectivity index (χ1v) is 6.88. The van der Waals surface area contributed by atoms with E-state index in [1.165, 1.54) is 25.7 Å². The van der Waals surface area contributed by atoms with Gasteiger partial charge >= 0.3 is 6.09 Å². The zero-order valence-electron chi connectivity index (χ0n) is 10.7. The van der Waals surface area contributed by atoms with Gasteiger partial charge in [-0.05, 0) is 49.9 Å². The highest BCUT2D eigenvalue weighted by Crippen LogP contribution is 2.52. The second-order valence-electron chi connectivity index (χ2n) is 5.14. The summed E-state index contributed by atoms with van der Waals surface area (Å²) in [7, 11) is 0. The molecule has 0 aromatic heterocycles. The van der Waals surface area contributed by atoms with Crippen molar-refractivity contribution >= 4 is 6.09 Å². The van der Waals surface area contributed by atoms with Crippen LogP contribution in [0.15, 0.2) is 12.2 Å². The topological polar surface area (TPSA) is 38.3 Å². The van der Waals surface area contributed by atoms with E-state index in [4.69, 9.17) is 4.74 Å². The third-order valence-corrected chi connectivity index (χ3v) is 3.94. The summed E-state index contributed by atoms with van der Waals surface area (Å²) in [5, 5.41) is 2.75. The van der Waals surface area contributed by atoms with Crippen molar-refractivity contribution in [3.05, 3.63) is 12.2 Å². The number of hydrogen-bond donors (Lipinski definition) is 1. The fraction of sp³-hybridized carbons (Fsp3) is 0.786. The van der Waals surface area contributed by atoms with Gasteiger partial charge in [0.1, 0.15) is 0 Å². The molecule has 0 aromatic rings. The Hall–Kier alpha value is -0.990. The van der Waals surface area contributed by atoms with E-state index < -0.39 is 0 Å². The summed E-state index contributed by atoms with van der Waals surface area (Å²) >= 11 is 0. The van der Waals surface area contributed by atoms with Crippen molar-refractivity contribution in [1.82, 2.24) is 5.32 Å². The molecule has 17 heavy (non-hydrogen) atoms. The first-order chi connectivity index (χ1) is 8.33. The molecule has 1 N–H and O–H groups in total. The maximum atomic E-state index is 11.3. The van der Waals surface area contributed by atoms with Crippen LogP contribution in [-0.2, 0) is 4.74 Å². The molecular formula is C14H23NO2. The van der Waals surface area contributed by atoms with Crippen molar-refractivity contribution in [2.24, 2.45) is 17.8 Å². The van der Waals surface area contributed by atoms with Gasteiger partial charge in [-0.1, -0.05) is 19.1 Å². The van der Waals surface area contributed by atoms with Crippen LogP contribution in [0.2, 0.25) is 0 Å². The predicted molar refractivity (Wildman–Crippen MR) is 67.7 cm³/mol. The maximum Gasteiger partial charge on any atom is 0.407 e. The number of ether oxygens (including phenoxy) is 1. The van der Waals surface area contributed by atoms with Crippen LogP contribution < -0.4 is 5.32 Å². The lowest BCUT2D eigenvalue weighted by molar-refractivity contribution is 0.137. The zero-order valence-corrected chi connectivity index (χ0v) is 10.7. The summed E-state index contributed by atoms with van der Waals surface area (Å²) in [6.07, 6.45) is 10.2. The highest BCUT2D eigenvalue weighted by atomic mass is 16.5. The minimum atomic E-state index is -0.246. The van der Waals surface area contributed by atoms with Gasteiger partial charge in [-0.25, -0.2) is 4.79 Å². The highest BCUT2D eigenvalue weighted by Gasteiger charge is 2.49. The number of fused-ring (bicyclic) bond motifs is 1. The molecule has 2 unspecified atom stereocenters. The molecule has 0 aliphatic heterocycles. The molecular weight excluding hydrogens is 214 g/mol. The van der Waals surface area contributed by atoms with Gasteiger partial charge in [0.25, 0.3) is 0 Å². The molecule has 3 heteroatoms. The van der Waals surface area contributed by atoms with E-state index >= 15 is 0 Å². The first-order valence-electron chi connectivity index (χ1n) is 6.88. The van der Waals surface area contributed by atoms with E-state index in [1.54, 1.807) is 0 Å². The van der Waals surface area contributed by atoms with Crippen LogP contribution in [0, 0.1) is 17.8 Å². The Kier molecular flexibility index (Phi) is 4.46. The zero-order chi connectivity index (χ0) is 12.1. The van der Waals surface area contributed by atoms with Gasteiger partial charge in [0, 0.05) is 6.54 Å². The third-order valence-electron chi connectivity index (χ3n) is 3.94. The van der Waals surface area contributed by atoms with Gasteiger partial charge in [-0.15, -0.1) is 0 Å². The Morgan fingerprint density at radius 2 is 1.94 bits per heavy atom. The van der Waals surface area contributed by atoms with E-state index in [0.29, 0.717) is 19.1 Å². The van der Waals surface area contributed by atoms with E-state index in [0.717, 1.165) is 18.3 Å². The Bertz CT molecular complexity index is 272. The highest BCUT2D eigenvalue weighted by molar-refractivity contribution is 5.67. The van der Waals surface area contributed by atoms with Gasteiger partial charge in [0.05, 0.1) is 6.61 Å². The van der Waals surface area contributed by atoms with E-state index in [2.05, 4.69) is 17.5 Å². The van der Waals surface area contributed by atoms with E-state index in [1.807, 2.05) is 6.92 Å². The summed E-state index contributed by atoms with van der Waals surface area (Å²) in [6, 6.07) is 0. The van der Waals surface area contributed by atoms with Crippen molar-refractivity contribution in [2.45, 2.75) is 39.0 Å². The van der Waals surface area contributed by atoms with Crippen LogP contribution in [0.4, 0.5) is 4.79 Å². The molecule has 1 amide bonds. The Morgan fingerprint density at radius 3 is 2.53 bits per heavy atom. The fourth-order valence-corrected chi connectivity index (χ4v) is 2.89. The van der Waals surface area contributed by atoms with Gasteiger partial charge in [0.2, 0.25) is 0 Å². The van der Waals surface area contributed by atoms with Crippen LogP contribution in [0.25, 0.3) is 0 Å². The molecule has 2 aliphatic carbocycles. The van der Waals surface area contributed by atoms with Crippen molar-refractivity contribution in [2.75, 3.05) is 13.2 Å². The lowest BCUT2D eigenvalue weighted by Crippen LogP contribution is -2.25. The van der Waals surface area contributed by atoms with Gasteiger partial charge in [-0.2, -0.15) is 0 Å². The number of carbonyl (C=O) groups is 1. The van der Waals surface area contributed by atoms with Gasteiger partial charge < -0.3 is 10.1 Å². The molecule has 0 spiro atoms. The van der Waals surface area contributed by atoms with Crippen molar-refractivity contribution in [3.8, 4) is 0 Å². The number of alkyl carbamates (subject to hydrolysis) is 1. The number of rotatable bonds is 4. The van der Waals surface area contributed by atoms with Crippen LogP contribution in [-0.4, -0.2) is 19.2 Å². The molecule has 0 bridgehead atoms. The van der Waals surface area contributed by atoms with Crippen LogP contribution in [0.1, 0.15) is 39.0 Å². The minimum absolute atomic E-state index is 0.246. The molecule has 96 valence electrons. The molecule has 0 heterocycles. The smallest absolute Gasteiger partial charge is 0.407 e. The second-order valence-corrected chi connectivity index (χ2v) is 5.14. The summed E-state index contributed by atoms with van der Waals surface area (Å²) in [5.74, 6) is 2.24. The summed E-state index contributed by atoms with van der Waals surface area (Å²) in [6.45, 7) is 3.36. The summed E-state index contributed by atoms with van der Waals surface area (Å²) in [5.41, 5.74) is 0. The molecule has 0 saturated heterocycles. The third kappa shape index (κ3) is 3.48. The van der Waals surface area contributed by atoms with Crippen molar-refractivity contribution in [1.29, 1.82) is 0 Å². The fourth-order valence-electron chi connectivity index (χ4n) is 2.89. The Morgan fingerprint density at radius 1 is 1.29 bits per heavy atom. The van der Waals surface area contributed by atoms with Gasteiger partial charge in [-0.3, -0.25) is 0 Å². The molecule has 0 aromatic carbocycles. The number of carbonyl (C=O) groups excluding carboxylic acids is 1. The predicted octanol–water partition coefficient (Wildman–Crippen LogP) is 3.12. The maximum absolute atomic E-state index is 11.3. The molecule has 1 fully saturated rings. The van der Waals surface area contributed by atoms with Crippen LogP contribution in [0.3, 0.4) is 0 Å². The largest absolute Gasteiger partial charge is 0.449 e. The van der Waals surface area contributed by atoms with E-state index in [9.17, 15) is 4.79 Å². The lowest BCUT2D eigenvalue weighted by atomic mass is 10.1. The number of nitrogens with one attached hydrogen (secondary N) is 1. The second kappa shape index (κ2) is 6.08. The Balaban J connectivity index is 1.66. The SMILES string of the molecule is CCCNC(=O)OCC1C2CC/C=C\CCC21. The molecule has 2 aliphatic rings. The molecule has 1 saturated carbocycles. The monoisotopic (exact) mass is 237 g/mol. The van der Waals surface area contributed by atoms with Crippen molar-refractivity contribution in [3.63, 3.8) is 0 Å². The standard InChI is InChI=1S/C14H23NO2/c1-2-9-15-14(16)17-10-13-11-7-5-3-4-6-8-12(11)13/h3-4,11-13H,2,5-10H2,1H3,(H,15,16)/b4-3-. The minimum Gasteiger partial charge on any atom is -0.449 e. The summed E-state index contributed by atoms with van der Waals surface area (Å²) in [4.78, 5) is 11.3. The van der Waals surface area contributed by atoms with Crippen molar-refractivity contribution < 1.29 is 9.53 Å². The van der Waals surface area contributed by atoms with Gasteiger partial charge in [0.15, 0.2) is 0 Å². The molecule has 3 nitrogen and oxygen atoms in total. The number of allylic oxidation sites excluding steroid dienone is 2. The molecule has 2 atom stereocenters. The normalized spacial score (nSPS) is 32.9. The average Bonchev–Trinajstić information content (AvgIpc) is 2.94. The Labute approximate surface area is 104 Å². The average molecular weight is 237 g/mol. The number of amides is 1.